The van der Waals surface area contributed by atoms with E-state index < -0.39 is 4.92 Å². The standard InChI is InChI=1S/C12H13ClN2O3/c1-9-8-10(4-5-11(9)15(17)18)12(16)14-7-3-2-6-13/h2-5,8H,6-7H2,1H3,(H,14,16)/b3-2+. The first-order valence-corrected chi connectivity index (χ1v) is 5.84. The van der Waals surface area contributed by atoms with Gasteiger partial charge in [-0.1, -0.05) is 12.2 Å². The summed E-state index contributed by atoms with van der Waals surface area (Å²) >= 11 is 5.44. The number of aryl methyl sites for hydroxylation is 1. The monoisotopic (exact) mass is 268 g/mol. The summed E-state index contributed by atoms with van der Waals surface area (Å²) in [5.41, 5.74) is 0.870. The SMILES string of the molecule is Cc1cc(C(=O)NC/C=C/CCl)ccc1[N+](=O)[O-]. The van der Waals surface area contributed by atoms with E-state index in [1.165, 1.54) is 18.2 Å². The molecule has 0 spiro atoms. The number of allylic oxidation sites excluding steroid dienone is 1. The van der Waals surface area contributed by atoms with Crippen molar-refractivity contribution in [1.29, 1.82) is 0 Å². The van der Waals surface area contributed by atoms with Gasteiger partial charge in [0.2, 0.25) is 0 Å². The molecule has 0 unspecified atom stereocenters. The second kappa shape index (κ2) is 6.76. The third-order valence-electron chi connectivity index (χ3n) is 2.29. The molecule has 0 aliphatic rings. The predicted molar refractivity (Wildman–Crippen MR) is 70.0 cm³/mol. The van der Waals surface area contributed by atoms with Gasteiger partial charge in [0.1, 0.15) is 0 Å². The summed E-state index contributed by atoms with van der Waals surface area (Å²) in [6.07, 6.45) is 3.46. The van der Waals surface area contributed by atoms with Gasteiger partial charge in [0.25, 0.3) is 11.6 Å². The van der Waals surface area contributed by atoms with Crippen molar-refractivity contribution >= 4 is 23.2 Å². The Morgan fingerprint density at radius 3 is 2.78 bits per heavy atom. The van der Waals surface area contributed by atoms with E-state index in [0.29, 0.717) is 23.6 Å². The molecule has 5 nitrogen and oxygen atoms in total. The second-order valence-electron chi connectivity index (χ2n) is 3.59. The Bertz CT molecular complexity index is 486. The van der Waals surface area contributed by atoms with Crippen LogP contribution in [0.25, 0.3) is 0 Å². The van der Waals surface area contributed by atoms with Gasteiger partial charge in [0, 0.05) is 29.6 Å². The number of nitro groups is 1. The summed E-state index contributed by atoms with van der Waals surface area (Å²) in [5.74, 6) is 0.124. The van der Waals surface area contributed by atoms with E-state index in [0.717, 1.165) is 0 Å². The summed E-state index contributed by atoms with van der Waals surface area (Å²) in [7, 11) is 0. The van der Waals surface area contributed by atoms with Gasteiger partial charge in [-0.05, 0) is 19.1 Å². The largest absolute Gasteiger partial charge is 0.349 e. The number of hydrogen-bond acceptors (Lipinski definition) is 3. The molecule has 1 rings (SSSR count). The Hall–Kier alpha value is -1.88. The van der Waals surface area contributed by atoms with Crippen molar-refractivity contribution in [2.24, 2.45) is 0 Å². The van der Waals surface area contributed by atoms with Crippen molar-refractivity contribution in [3.05, 3.63) is 51.6 Å². The number of nitro benzene ring substituents is 1. The van der Waals surface area contributed by atoms with Gasteiger partial charge in [-0.3, -0.25) is 14.9 Å². The van der Waals surface area contributed by atoms with Crippen LogP contribution in [0.1, 0.15) is 15.9 Å². The van der Waals surface area contributed by atoms with Gasteiger partial charge in [-0.2, -0.15) is 0 Å². The molecule has 1 aromatic carbocycles. The van der Waals surface area contributed by atoms with E-state index in [9.17, 15) is 14.9 Å². The maximum absolute atomic E-state index is 11.7. The van der Waals surface area contributed by atoms with Crippen LogP contribution in [0.15, 0.2) is 30.4 Å². The molecule has 1 amide bonds. The molecule has 0 fully saturated rings. The first-order chi connectivity index (χ1) is 8.56. The number of alkyl halides is 1. The topological polar surface area (TPSA) is 72.2 Å². The average Bonchev–Trinajstić information content (AvgIpc) is 2.33. The lowest BCUT2D eigenvalue weighted by Gasteiger charge is -2.03. The Balaban J connectivity index is 2.72. The van der Waals surface area contributed by atoms with Crippen molar-refractivity contribution in [2.75, 3.05) is 12.4 Å². The highest BCUT2D eigenvalue weighted by Crippen LogP contribution is 2.18. The van der Waals surface area contributed by atoms with Crippen LogP contribution < -0.4 is 5.32 Å². The van der Waals surface area contributed by atoms with Crippen LogP contribution in [-0.2, 0) is 0 Å². The van der Waals surface area contributed by atoms with Crippen LogP contribution in [0.4, 0.5) is 5.69 Å². The summed E-state index contributed by atoms with van der Waals surface area (Å²) in [6.45, 7) is 1.98. The van der Waals surface area contributed by atoms with Crippen LogP contribution >= 0.6 is 11.6 Å². The van der Waals surface area contributed by atoms with Crippen molar-refractivity contribution in [3.63, 3.8) is 0 Å². The normalized spacial score (nSPS) is 10.6. The quantitative estimate of drug-likeness (QED) is 0.386. The molecule has 0 aliphatic heterocycles. The summed E-state index contributed by atoms with van der Waals surface area (Å²) in [6, 6.07) is 4.27. The minimum atomic E-state index is -0.472. The first-order valence-electron chi connectivity index (χ1n) is 5.30. The minimum absolute atomic E-state index is 0.00795. The van der Waals surface area contributed by atoms with E-state index in [1.807, 2.05) is 0 Å². The van der Waals surface area contributed by atoms with E-state index in [-0.39, 0.29) is 11.6 Å². The Morgan fingerprint density at radius 2 is 2.22 bits per heavy atom. The van der Waals surface area contributed by atoms with Crippen LogP contribution in [-0.4, -0.2) is 23.3 Å². The molecule has 0 atom stereocenters. The van der Waals surface area contributed by atoms with E-state index in [1.54, 1.807) is 19.1 Å². The highest BCUT2D eigenvalue weighted by atomic mass is 35.5. The lowest BCUT2D eigenvalue weighted by Crippen LogP contribution is -2.23. The smallest absolute Gasteiger partial charge is 0.272 e. The third kappa shape index (κ3) is 3.85. The molecule has 0 saturated carbocycles. The number of rotatable bonds is 5. The Kier molecular flexibility index (Phi) is 5.32. The average molecular weight is 269 g/mol. The fraction of sp³-hybridized carbons (Fsp3) is 0.250. The molecular formula is C12H13ClN2O3. The fourth-order valence-electron chi connectivity index (χ4n) is 1.40. The van der Waals surface area contributed by atoms with Crippen molar-refractivity contribution in [1.82, 2.24) is 5.32 Å². The number of halogens is 1. The van der Waals surface area contributed by atoms with Gasteiger partial charge in [-0.25, -0.2) is 0 Å². The molecule has 0 aliphatic carbocycles. The molecule has 0 saturated heterocycles. The highest BCUT2D eigenvalue weighted by molar-refractivity contribution is 6.18. The minimum Gasteiger partial charge on any atom is -0.349 e. The Labute approximate surface area is 110 Å². The number of nitrogens with one attached hydrogen (secondary N) is 1. The van der Waals surface area contributed by atoms with Crippen molar-refractivity contribution in [2.45, 2.75) is 6.92 Å². The molecule has 0 aromatic heterocycles. The van der Waals surface area contributed by atoms with E-state index in [4.69, 9.17) is 11.6 Å². The maximum atomic E-state index is 11.7. The van der Waals surface area contributed by atoms with E-state index >= 15 is 0 Å². The number of benzene rings is 1. The fourth-order valence-corrected chi connectivity index (χ4v) is 1.53. The summed E-state index contributed by atoms with van der Waals surface area (Å²) < 4.78 is 0. The highest BCUT2D eigenvalue weighted by Gasteiger charge is 2.12. The van der Waals surface area contributed by atoms with Crippen LogP contribution in [0.3, 0.4) is 0 Å². The molecule has 0 bridgehead atoms. The van der Waals surface area contributed by atoms with Gasteiger partial charge in [0.05, 0.1) is 4.92 Å². The number of nitrogens with zero attached hydrogens (tertiary/aromatic N) is 1. The molecule has 6 heteroatoms. The predicted octanol–water partition coefficient (Wildman–Crippen LogP) is 2.43. The number of hydrogen-bond donors (Lipinski definition) is 1. The van der Waals surface area contributed by atoms with Gasteiger partial charge in [-0.15, -0.1) is 11.6 Å². The zero-order valence-electron chi connectivity index (χ0n) is 9.85. The zero-order valence-corrected chi connectivity index (χ0v) is 10.6. The number of amides is 1. The summed E-state index contributed by atoms with van der Waals surface area (Å²) in [4.78, 5) is 21.9. The molecule has 0 radical (unpaired) electrons. The number of carbonyl (C=O) groups excluding carboxylic acids is 1. The lowest BCUT2D eigenvalue weighted by molar-refractivity contribution is -0.385. The van der Waals surface area contributed by atoms with Gasteiger partial charge >= 0.3 is 0 Å². The molecule has 96 valence electrons. The van der Waals surface area contributed by atoms with Crippen LogP contribution in [0, 0.1) is 17.0 Å². The number of carbonyl (C=O) groups is 1. The molecule has 0 heterocycles. The maximum Gasteiger partial charge on any atom is 0.272 e. The van der Waals surface area contributed by atoms with Gasteiger partial charge < -0.3 is 5.32 Å². The van der Waals surface area contributed by atoms with Crippen molar-refractivity contribution in [3.8, 4) is 0 Å². The molecular weight excluding hydrogens is 256 g/mol. The van der Waals surface area contributed by atoms with E-state index in [2.05, 4.69) is 5.32 Å². The van der Waals surface area contributed by atoms with Gasteiger partial charge in [0.15, 0.2) is 0 Å². The van der Waals surface area contributed by atoms with Crippen LogP contribution in [0.2, 0.25) is 0 Å². The zero-order chi connectivity index (χ0) is 13.5. The lowest BCUT2D eigenvalue weighted by atomic mass is 10.1. The second-order valence-corrected chi connectivity index (χ2v) is 3.90. The molecule has 18 heavy (non-hydrogen) atoms. The first kappa shape index (κ1) is 14.2. The van der Waals surface area contributed by atoms with Crippen LogP contribution in [0.5, 0.6) is 0 Å². The third-order valence-corrected chi connectivity index (χ3v) is 2.47. The molecule has 1 N–H and O–H groups in total. The van der Waals surface area contributed by atoms with Crippen molar-refractivity contribution < 1.29 is 9.72 Å². The Morgan fingerprint density at radius 1 is 1.50 bits per heavy atom. The molecule has 1 aromatic rings. The summed E-state index contributed by atoms with van der Waals surface area (Å²) in [5, 5.41) is 13.3.